The zero-order valence-corrected chi connectivity index (χ0v) is 15.8. The van der Waals surface area contributed by atoms with E-state index in [9.17, 15) is 16.8 Å². The summed E-state index contributed by atoms with van der Waals surface area (Å²) in [6.07, 6.45) is 1.89. The molecule has 11 heteroatoms. The van der Waals surface area contributed by atoms with E-state index in [0.29, 0.717) is 17.7 Å². The zero-order valence-electron chi connectivity index (χ0n) is 13.3. The van der Waals surface area contributed by atoms with Gasteiger partial charge in [0.05, 0.1) is 11.1 Å². The van der Waals surface area contributed by atoms with Gasteiger partial charge in [0.1, 0.15) is 4.21 Å². The fraction of sp³-hybridized carbons (Fsp3) is 0.133. The van der Waals surface area contributed by atoms with Gasteiger partial charge in [0, 0.05) is 23.6 Å². The van der Waals surface area contributed by atoms with Crippen molar-refractivity contribution in [2.45, 2.75) is 15.5 Å². The van der Waals surface area contributed by atoms with Crippen molar-refractivity contribution in [2.75, 3.05) is 6.54 Å². The standard InChI is InChI=1S/C15H15N3O5S3/c16-25(19,20)13-3-1-11(2-4-13)5-8-18-26(21,22)15-9-12(10-24-15)14-6-7-17-23-14/h1-4,6-7,9-10,18H,5,8H2,(H2,16,19,20). The van der Waals surface area contributed by atoms with Gasteiger partial charge in [-0.3, -0.25) is 0 Å². The topological polar surface area (TPSA) is 132 Å². The summed E-state index contributed by atoms with van der Waals surface area (Å²) >= 11 is 1.09. The van der Waals surface area contributed by atoms with Crippen LogP contribution in [-0.2, 0) is 26.5 Å². The molecule has 138 valence electrons. The minimum Gasteiger partial charge on any atom is -0.356 e. The Bertz CT molecular complexity index is 1090. The molecule has 26 heavy (non-hydrogen) atoms. The number of hydrogen-bond donors (Lipinski definition) is 2. The summed E-state index contributed by atoms with van der Waals surface area (Å²) in [5.74, 6) is 0.498. The number of hydrogen-bond acceptors (Lipinski definition) is 7. The molecule has 3 aromatic rings. The van der Waals surface area contributed by atoms with E-state index in [1.54, 1.807) is 23.6 Å². The van der Waals surface area contributed by atoms with E-state index < -0.39 is 20.0 Å². The van der Waals surface area contributed by atoms with Gasteiger partial charge in [-0.05, 0) is 30.2 Å². The number of benzene rings is 1. The molecule has 0 saturated heterocycles. The molecule has 0 bridgehead atoms. The number of aromatic nitrogens is 1. The van der Waals surface area contributed by atoms with Crippen LogP contribution in [0.4, 0.5) is 0 Å². The smallest absolute Gasteiger partial charge is 0.250 e. The Labute approximate surface area is 154 Å². The molecule has 0 radical (unpaired) electrons. The summed E-state index contributed by atoms with van der Waals surface area (Å²) in [5, 5.41) is 10.3. The predicted octanol–water partition coefficient (Wildman–Crippen LogP) is 1.57. The van der Waals surface area contributed by atoms with E-state index in [1.165, 1.54) is 24.4 Å². The third-order valence-corrected chi connectivity index (χ3v) is 7.35. The van der Waals surface area contributed by atoms with Gasteiger partial charge in [-0.25, -0.2) is 26.7 Å². The van der Waals surface area contributed by atoms with Crippen molar-refractivity contribution in [3.63, 3.8) is 0 Å². The van der Waals surface area contributed by atoms with Crippen molar-refractivity contribution in [1.82, 2.24) is 9.88 Å². The minimum absolute atomic E-state index is 0.0142. The molecule has 0 aliphatic rings. The van der Waals surface area contributed by atoms with Crippen molar-refractivity contribution < 1.29 is 21.4 Å². The molecule has 8 nitrogen and oxygen atoms in total. The van der Waals surface area contributed by atoms with Crippen LogP contribution < -0.4 is 9.86 Å². The SMILES string of the molecule is NS(=O)(=O)c1ccc(CCNS(=O)(=O)c2cc(-c3ccno3)cs2)cc1. The Kier molecular flexibility index (Phi) is 5.25. The average molecular weight is 414 g/mol. The molecular weight excluding hydrogens is 398 g/mol. The molecule has 0 saturated carbocycles. The second kappa shape index (κ2) is 7.29. The molecule has 0 aliphatic heterocycles. The molecule has 1 aromatic carbocycles. The van der Waals surface area contributed by atoms with Crippen LogP contribution in [0.1, 0.15) is 5.56 Å². The fourth-order valence-corrected chi connectivity index (χ4v) is 4.96. The Morgan fingerprint density at radius 2 is 1.85 bits per heavy atom. The van der Waals surface area contributed by atoms with Gasteiger partial charge in [-0.2, -0.15) is 0 Å². The minimum atomic E-state index is -3.74. The molecule has 2 aromatic heterocycles. The second-order valence-electron chi connectivity index (χ2n) is 5.37. The summed E-state index contributed by atoms with van der Waals surface area (Å²) in [7, 11) is -7.38. The second-order valence-corrected chi connectivity index (χ2v) is 9.83. The zero-order chi connectivity index (χ0) is 18.8. The molecule has 0 atom stereocenters. The lowest BCUT2D eigenvalue weighted by atomic mass is 10.2. The highest BCUT2D eigenvalue weighted by molar-refractivity contribution is 7.91. The molecule has 3 rings (SSSR count). The molecule has 0 fully saturated rings. The Morgan fingerprint density at radius 1 is 1.12 bits per heavy atom. The van der Waals surface area contributed by atoms with Gasteiger partial charge < -0.3 is 4.52 Å². The van der Waals surface area contributed by atoms with Crippen molar-refractivity contribution in [2.24, 2.45) is 5.14 Å². The maximum absolute atomic E-state index is 12.3. The van der Waals surface area contributed by atoms with E-state index in [-0.39, 0.29) is 15.6 Å². The molecular formula is C15H15N3O5S3. The van der Waals surface area contributed by atoms with Crippen molar-refractivity contribution in [3.8, 4) is 11.3 Å². The van der Waals surface area contributed by atoms with Crippen LogP contribution in [0.2, 0.25) is 0 Å². The molecule has 3 N–H and O–H groups in total. The van der Waals surface area contributed by atoms with Gasteiger partial charge in [-0.15, -0.1) is 11.3 Å². The third-order valence-electron chi connectivity index (χ3n) is 3.52. The quantitative estimate of drug-likeness (QED) is 0.604. The highest BCUT2D eigenvalue weighted by Crippen LogP contribution is 2.28. The largest absolute Gasteiger partial charge is 0.356 e. The van der Waals surface area contributed by atoms with Gasteiger partial charge >= 0.3 is 0 Å². The van der Waals surface area contributed by atoms with Crippen LogP contribution in [0.3, 0.4) is 0 Å². The lowest BCUT2D eigenvalue weighted by molar-refractivity contribution is 0.432. The third kappa shape index (κ3) is 4.37. The van der Waals surface area contributed by atoms with Crippen LogP contribution in [0.25, 0.3) is 11.3 Å². The van der Waals surface area contributed by atoms with E-state index in [4.69, 9.17) is 9.66 Å². The predicted molar refractivity (Wildman–Crippen MR) is 96.5 cm³/mol. The van der Waals surface area contributed by atoms with Crippen molar-refractivity contribution in [3.05, 3.63) is 53.5 Å². The Balaban J connectivity index is 1.62. The number of nitrogens with two attached hydrogens (primary N) is 1. The summed E-state index contributed by atoms with van der Waals surface area (Å²) < 4.78 is 54.8. The van der Waals surface area contributed by atoms with Crippen LogP contribution >= 0.6 is 11.3 Å². The van der Waals surface area contributed by atoms with Gasteiger partial charge in [-0.1, -0.05) is 17.3 Å². The Morgan fingerprint density at radius 3 is 2.46 bits per heavy atom. The number of primary sulfonamides is 1. The summed E-state index contributed by atoms with van der Waals surface area (Å²) in [6.45, 7) is 0.173. The summed E-state index contributed by atoms with van der Waals surface area (Å²) in [6, 6.07) is 9.15. The molecule has 0 aliphatic carbocycles. The first-order valence-electron chi connectivity index (χ1n) is 7.37. The first kappa shape index (κ1) is 18.7. The van der Waals surface area contributed by atoms with Crippen molar-refractivity contribution >= 4 is 31.4 Å². The van der Waals surface area contributed by atoms with Crippen LogP contribution in [0, 0.1) is 0 Å². The highest BCUT2D eigenvalue weighted by atomic mass is 32.2. The summed E-state index contributed by atoms with van der Waals surface area (Å²) in [4.78, 5) is 0.0142. The molecule has 0 spiro atoms. The number of nitrogens with zero attached hydrogens (tertiary/aromatic N) is 1. The molecule has 2 heterocycles. The van der Waals surface area contributed by atoms with E-state index in [1.807, 2.05) is 0 Å². The monoisotopic (exact) mass is 413 g/mol. The van der Waals surface area contributed by atoms with Crippen LogP contribution in [0.15, 0.2) is 61.6 Å². The first-order chi connectivity index (χ1) is 12.3. The van der Waals surface area contributed by atoms with Crippen LogP contribution in [-0.4, -0.2) is 28.5 Å². The molecule has 0 amide bonds. The number of sulfonamides is 2. The maximum atomic E-state index is 12.3. The van der Waals surface area contributed by atoms with Crippen LogP contribution in [0.5, 0.6) is 0 Å². The first-order valence-corrected chi connectivity index (χ1v) is 11.3. The van der Waals surface area contributed by atoms with Gasteiger partial charge in [0.25, 0.3) is 0 Å². The number of thiophene rings is 1. The summed E-state index contributed by atoms with van der Waals surface area (Å²) in [5.41, 5.74) is 1.43. The van der Waals surface area contributed by atoms with Crippen molar-refractivity contribution in [1.29, 1.82) is 0 Å². The fourth-order valence-electron chi connectivity index (χ4n) is 2.20. The van der Waals surface area contributed by atoms with E-state index in [2.05, 4.69) is 9.88 Å². The van der Waals surface area contributed by atoms with Gasteiger partial charge in [0.2, 0.25) is 20.0 Å². The van der Waals surface area contributed by atoms with E-state index >= 15 is 0 Å². The average Bonchev–Trinajstić information content (AvgIpc) is 3.26. The highest BCUT2D eigenvalue weighted by Gasteiger charge is 2.18. The lowest BCUT2D eigenvalue weighted by Gasteiger charge is -2.05. The maximum Gasteiger partial charge on any atom is 0.250 e. The molecule has 0 unspecified atom stereocenters. The Hall–Kier alpha value is -2.05. The van der Waals surface area contributed by atoms with E-state index in [0.717, 1.165) is 16.9 Å². The number of rotatable bonds is 7. The number of nitrogens with one attached hydrogen (secondary N) is 1. The van der Waals surface area contributed by atoms with Gasteiger partial charge in [0.15, 0.2) is 5.76 Å². The normalized spacial score (nSPS) is 12.3. The lowest BCUT2D eigenvalue weighted by Crippen LogP contribution is -2.25.